The fourth-order valence-electron chi connectivity index (χ4n) is 5.83. The van der Waals surface area contributed by atoms with Gasteiger partial charge in [0.2, 0.25) is 0 Å². The maximum atomic E-state index is 2.54. The van der Waals surface area contributed by atoms with Crippen LogP contribution in [-0.4, -0.2) is 37.0 Å². The third-order valence-corrected chi connectivity index (χ3v) is 19.6. The average molecular weight is 611 g/mol. The summed E-state index contributed by atoms with van der Waals surface area (Å²) in [5, 5.41) is 10.1. The minimum absolute atomic E-state index is 0.140. The van der Waals surface area contributed by atoms with Crippen molar-refractivity contribution in [3.8, 4) is 0 Å². The molecular formula is C36H54P4. The maximum Gasteiger partial charge on any atom is -0.00738 e. The van der Waals surface area contributed by atoms with Crippen molar-refractivity contribution in [2.24, 2.45) is 0 Å². The van der Waals surface area contributed by atoms with Gasteiger partial charge in [0.05, 0.1) is 0 Å². The molecule has 0 radical (unpaired) electrons. The van der Waals surface area contributed by atoms with Gasteiger partial charge in [0.1, 0.15) is 0 Å². The van der Waals surface area contributed by atoms with Crippen molar-refractivity contribution in [3.63, 3.8) is 0 Å². The summed E-state index contributed by atoms with van der Waals surface area (Å²) in [6.45, 7) is 14.3. The van der Waals surface area contributed by atoms with Gasteiger partial charge in [-0.05, 0) is 76.7 Å². The van der Waals surface area contributed by atoms with Crippen LogP contribution in [0.4, 0.5) is 0 Å². The summed E-state index contributed by atoms with van der Waals surface area (Å²) in [7, 11) is -1.04. The smallest absolute Gasteiger partial charge is 0.00738 e. The Morgan fingerprint density at radius 2 is 0.525 bits per heavy atom. The Kier molecular flexibility index (Phi) is 15.9. The fraction of sp³-hybridized carbons (Fsp3) is 0.500. The molecule has 40 heavy (non-hydrogen) atoms. The Bertz CT molecular complexity index is 968. The van der Waals surface area contributed by atoms with Crippen LogP contribution in [0.1, 0.15) is 80.1 Å². The molecule has 0 aliphatic rings. The second-order valence-electron chi connectivity index (χ2n) is 10.8. The van der Waals surface area contributed by atoms with E-state index in [-0.39, 0.29) is 23.8 Å². The van der Waals surface area contributed by atoms with Crippen molar-refractivity contribution in [3.05, 3.63) is 72.8 Å². The van der Waals surface area contributed by atoms with E-state index in [0.29, 0.717) is 0 Å². The van der Waals surface area contributed by atoms with E-state index in [0.717, 1.165) is 0 Å². The summed E-state index contributed by atoms with van der Waals surface area (Å²) in [4.78, 5) is 0. The van der Waals surface area contributed by atoms with Gasteiger partial charge in [-0.15, -0.1) is 0 Å². The molecular weight excluding hydrogens is 556 g/mol. The van der Waals surface area contributed by atoms with E-state index in [2.05, 4.69) is 114 Å². The van der Waals surface area contributed by atoms with E-state index >= 15 is 0 Å². The molecule has 0 atom stereocenters. The molecule has 0 nitrogen and oxygen atoms in total. The van der Waals surface area contributed by atoms with Crippen LogP contribution in [0.5, 0.6) is 0 Å². The second-order valence-corrected chi connectivity index (χ2v) is 20.2. The van der Waals surface area contributed by atoms with Crippen LogP contribution in [0.2, 0.25) is 0 Å². The van der Waals surface area contributed by atoms with Crippen LogP contribution >= 0.6 is 31.7 Å². The number of rotatable bonds is 18. The van der Waals surface area contributed by atoms with E-state index in [4.69, 9.17) is 0 Å². The average Bonchev–Trinajstić information content (AvgIpc) is 2.98. The molecule has 218 valence electrons. The summed E-state index contributed by atoms with van der Waals surface area (Å²) < 4.78 is 0. The van der Waals surface area contributed by atoms with Crippen molar-refractivity contribution < 1.29 is 0 Å². The van der Waals surface area contributed by atoms with Gasteiger partial charge < -0.3 is 0 Å². The van der Waals surface area contributed by atoms with E-state index < -0.39 is 7.92 Å². The molecule has 0 aromatic heterocycles. The highest BCUT2D eigenvalue weighted by Gasteiger charge is 2.29. The molecule has 3 rings (SSSR count). The van der Waals surface area contributed by atoms with Gasteiger partial charge in [-0.1, -0.05) is 177 Å². The monoisotopic (exact) mass is 610 g/mol. The molecule has 4 heteroatoms. The van der Waals surface area contributed by atoms with E-state index in [1.807, 2.05) is 0 Å². The SMILES string of the molecule is CCCP(CCC)c1ccccc1P(c1ccccc1P(CCC)CCC)c1ccccc1P(CCC)CCC. The van der Waals surface area contributed by atoms with Gasteiger partial charge in [-0.2, -0.15) is 0 Å². The van der Waals surface area contributed by atoms with Crippen LogP contribution in [0, 0.1) is 0 Å². The number of hydrogen-bond acceptors (Lipinski definition) is 0. The Balaban J connectivity index is 2.36. The highest BCUT2D eigenvalue weighted by molar-refractivity contribution is 7.85. The zero-order chi connectivity index (χ0) is 28.7. The first-order valence-electron chi connectivity index (χ1n) is 16.0. The highest BCUT2D eigenvalue weighted by atomic mass is 31.1. The summed E-state index contributed by atoms with van der Waals surface area (Å²) in [6, 6.07) is 29.2. The molecule has 0 spiro atoms. The second kappa shape index (κ2) is 18.8. The zero-order valence-electron chi connectivity index (χ0n) is 26.2. The lowest BCUT2D eigenvalue weighted by Crippen LogP contribution is -2.39. The zero-order valence-corrected chi connectivity index (χ0v) is 29.8. The number of hydrogen-bond donors (Lipinski definition) is 0. The lowest BCUT2D eigenvalue weighted by Gasteiger charge is -2.32. The van der Waals surface area contributed by atoms with Crippen LogP contribution in [0.15, 0.2) is 72.8 Å². The van der Waals surface area contributed by atoms with Crippen LogP contribution in [-0.2, 0) is 0 Å². The topological polar surface area (TPSA) is 0 Å². The van der Waals surface area contributed by atoms with Gasteiger partial charge in [0.25, 0.3) is 0 Å². The highest BCUT2D eigenvalue weighted by Crippen LogP contribution is 2.45. The summed E-state index contributed by atoms with van der Waals surface area (Å²) in [5.41, 5.74) is 0. The molecule has 3 aromatic carbocycles. The van der Waals surface area contributed by atoms with Gasteiger partial charge in [-0.3, -0.25) is 0 Å². The van der Waals surface area contributed by atoms with Crippen molar-refractivity contribution in [2.45, 2.75) is 80.1 Å². The Hall–Kier alpha value is -0.620. The molecule has 0 aliphatic carbocycles. The Morgan fingerprint density at radius 1 is 0.325 bits per heavy atom. The molecule has 3 aromatic rings. The van der Waals surface area contributed by atoms with Crippen molar-refractivity contribution in [2.75, 3.05) is 37.0 Å². The summed E-state index contributed by atoms with van der Waals surface area (Å²) in [5.74, 6) is 0. The molecule has 0 fully saturated rings. The minimum Gasteiger partial charge on any atom is -0.0746 e. The first kappa shape index (κ1) is 33.9. The van der Waals surface area contributed by atoms with E-state index in [1.165, 1.54) is 75.5 Å². The third kappa shape index (κ3) is 8.94. The van der Waals surface area contributed by atoms with Gasteiger partial charge in [0, 0.05) is 0 Å². The molecule has 0 amide bonds. The first-order chi connectivity index (χ1) is 19.6. The van der Waals surface area contributed by atoms with Crippen molar-refractivity contribution in [1.82, 2.24) is 0 Å². The molecule has 0 aliphatic heterocycles. The molecule has 0 unspecified atom stereocenters. The maximum absolute atomic E-state index is 2.54. The van der Waals surface area contributed by atoms with Crippen molar-refractivity contribution in [1.29, 1.82) is 0 Å². The molecule has 0 saturated heterocycles. The van der Waals surface area contributed by atoms with Gasteiger partial charge in [0.15, 0.2) is 0 Å². The lowest BCUT2D eigenvalue weighted by molar-refractivity contribution is 1.06. The molecule has 0 N–H and O–H groups in total. The Labute approximate surface area is 252 Å². The van der Waals surface area contributed by atoms with Crippen LogP contribution in [0.25, 0.3) is 0 Å². The van der Waals surface area contributed by atoms with Gasteiger partial charge in [-0.25, -0.2) is 0 Å². The number of benzene rings is 3. The van der Waals surface area contributed by atoms with Crippen molar-refractivity contribution >= 4 is 63.5 Å². The van der Waals surface area contributed by atoms with Gasteiger partial charge >= 0.3 is 0 Å². The van der Waals surface area contributed by atoms with E-state index in [9.17, 15) is 0 Å². The quantitative estimate of drug-likeness (QED) is 0.126. The third-order valence-electron chi connectivity index (χ3n) is 7.35. The predicted molar refractivity (Wildman–Crippen MR) is 196 cm³/mol. The first-order valence-corrected chi connectivity index (χ1v) is 22.4. The van der Waals surface area contributed by atoms with Crippen LogP contribution in [0.3, 0.4) is 0 Å². The summed E-state index contributed by atoms with van der Waals surface area (Å²) in [6.07, 6.45) is 15.8. The summed E-state index contributed by atoms with van der Waals surface area (Å²) >= 11 is 0. The normalized spacial score (nSPS) is 11.8. The molecule has 0 bridgehead atoms. The standard InChI is InChI=1S/C36H54P4/c1-7-25-37(26-8-2)31-19-13-16-22-34(31)40(35-23-17-14-20-32(35)38(27-9-3)28-10-4)36-24-18-15-21-33(36)39(29-11-5)30-12-6/h13-24H,7-12,25-30H2,1-6H3. The lowest BCUT2D eigenvalue weighted by atomic mass is 10.3. The minimum atomic E-state index is -0.621. The van der Waals surface area contributed by atoms with E-state index in [1.54, 1.807) is 31.8 Å². The Morgan fingerprint density at radius 3 is 0.725 bits per heavy atom. The van der Waals surface area contributed by atoms with Crippen LogP contribution < -0.4 is 31.8 Å². The largest absolute Gasteiger partial charge is 0.0746 e. The fourth-order valence-corrected chi connectivity index (χ4v) is 17.8. The molecule has 0 saturated carbocycles. The predicted octanol–water partition coefficient (Wildman–Crippen LogP) is 9.23. The molecule has 0 heterocycles.